The molecule has 1 atom stereocenters. The van der Waals surface area contributed by atoms with Gasteiger partial charge in [0.1, 0.15) is 0 Å². The van der Waals surface area contributed by atoms with Crippen molar-refractivity contribution < 1.29 is 5.11 Å². The van der Waals surface area contributed by atoms with E-state index in [2.05, 4.69) is 13.8 Å². The Balaban J connectivity index is 3.68. The van der Waals surface area contributed by atoms with Crippen LogP contribution >= 0.6 is 0 Å². The largest absolute Gasteiger partial charge is 0.396 e. The lowest BCUT2D eigenvalue weighted by molar-refractivity contribution is 0.221. The van der Waals surface area contributed by atoms with Gasteiger partial charge in [-0.3, -0.25) is 0 Å². The minimum Gasteiger partial charge on any atom is -0.396 e. The highest BCUT2D eigenvalue weighted by Gasteiger charge is 2.05. The molecule has 0 radical (unpaired) electrons. The SMILES string of the molecule is C/C=C/[C@H](CO)C(C)C. The molecule has 0 aliphatic carbocycles. The molecule has 0 aliphatic rings. The number of rotatable bonds is 3. The summed E-state index contributed by atoms with van der Waals surface area (Å²) in [4.78, 5) is 0. The first-order valence-corrected chi connectivity index (χ1v) is 3.46. The molecule has 0 aromatic rings. The molecule has 0 rings (SSSR count). The Kier molecular flexibility index (Phi) is 4.41. The van der Waals surface area contributed by atoms with Crippen molar-refractivity contribution in [3.05, 3.63) is 12.2 Å². The van der Waals surface area contributed by atoms with Gasteiger partial charge in [0.2, 0.25) is 0 Å². The minimum absolute atomic E-state index is 0.266. The van der Waals surface area contributed by atoms with Gasteiger partial charge in [-0.25, -0.2) is 0 Å². The van der Waals surface area contributed by atoms with Gasteiger partial charge in [0.25, 0.3) is 0 Å². The number of aliphatic hydroxyl groups excluding tert-OH is 1. The van der Waals surface area contributed by atoms with Crippen molar-refractivity contribution in [3.63, 3.8) is 0 Å². The molecule has 0 spiro atoms. The molecule has 0 saturated carbocycles. The van der Waals surface area contributed by atoms with Crippen LogP contribution in [-0.4, -0.2) is 11.7 Å². The maximum absolute atomic E-state index is 8.78. The molecule has 0 unspecified atom stereocenters. The van der Waals surface area contributed by atoms with Crippen molar-refractivity contribution in [2.24, 2.45) is 11.8 Å². The van der Waals surface area contributed by atoms with E-state index in [1.165, 1.54) is 0 Å². The lowest BCUT2D eigenvalue weighted by Gasteiger charge is -2.12. The summed E-state index contributed by atoms with van der Waals surface area (Å²) >= 11 is 0. The Hall–Kier alpha value is -0.300. The Morgan fingerprint density at radius 3 is 2.11 bits per heavy atom. The fourth-order valence-electron chi connectivity index (χ4n) is 0.741. The molecular formula is C8H16O. The Bertz CT molecular complexity index is 84.6. The third-order valence-electron chi connectivity index (χ3n) is 1.51. The highest BCUT2D eigenvalue weighted by molar-refractivity contribution is 4.86. The van der Waals surface area contributed by atoms with Crippen LogP contribution in [0.1, 0.15) is 20.8 Å². The summed E-state index contributed by atoms with van der Waals surface area (Å²) < 4.78 is 0. The highest BCUT2D eigenvalue weighted by atomic mass is 16.3. The van der Waals surface area contributed by atoms with Crippen molar-refractivity contribution in [3.8, 4) is 0 Å². The molecule has 54 valence electrons. The fraction of sp³-hybridized carbons (Fsp3) is 0.750. The van der Waals surface area contributed by atoms with Crippen molar-refractivity contribution >= 4 is 0 Å². The fourth-order valence-corrected chi connectivity index (χ4v) is 0.741. The first kappa shape index (κ1) is 8.70. The number of allylic oxidation sites excluding steroid dienone is 1. The van der Waals surface area contributed by atoms with Crippen LogP contribution in [0.2, 0.25) is 0 Å². The van der Waals surface area contributed by atoms with E-state index in [9.17, 15) is 0 Å². The third-order valence-corrected chi connectivity index (χ3v) is 1.51. The zero-order valence-electron chi connectivity index (χ0n) is 6.46. The Labute approximate surface area is 57.4 Å². The molecule has 0 bridgehead atoms. The molecule has 0 aromatic heterocycles. The van der Waals surface area contributed by atoms with Gasteiger partial charge in [0.15, 0.2) is 0 Å². The highest BCUT2D eigenvalue weighted by Crippen LogP contribution is 2.10. The van der Waals surface area contributed by atoms with Crippen LogP contribution in [0, 0.1) is 11.8 Å². The summed E-state index contributed by atoms with van der Waals surface area (Å²) in [6.45, 7) is 6.47. The maximum atomic E-state index is 8.78. The second kappa shape index (κ2) is 4.57. The molecule has 0 heterocycles. The monoisotopic (exact) mass is 128 g/mol. The van der Waals surface area contributed by atoms with Crippen LogP contribution in [0.4, 0.5) is 0 Å². The van der Waals surface area contributed by atoms with Crippen LogP contribution in [-0.2, 0) is 0 Å². The van der Waals surface area contributed by atoms with E-state index in [-0.39, 0.29) is 6.61 Å². The second-order valence-corrected chi connectivity index (χ2v) is 2.62. The van der Waals surface area contributed by atoms with E-state index >= 15 is 0 Å². The van der Waals surface area contributed by atoms with Crippen molar-refractivity contribution in [1.29, 1.82) is 0 Å². The van der Waals surface area contributed by atoms with Gasteiger partial charge in [-0.2, -0.15) is 0 Å². The summed E-state index contributed by atoms with van der Waals surface area (Å²) in [5, 5.41) is 8.78. The summed E-state index contributed by atoms with van der Waals surface area (Å²) in [5.74, 6) is 0.890. The number of aliphatic hydroxyl groups is 1. The van der Waals surface area contributed by atoms with Crippen molar-refractivity contribution in [2.75, 3.05) is 6.61 Å². The molecule has 0 fully saturated rings. The molecule has 0 amide bonds. The topological polar surface area (TPSA) is 20.2 Å². The van der Waals surface area contributed by atoms with Crippen LogP contribution in [0.25, 0.3) is 0 Å². The van der Waals surface area contributed by atoms with Crippen LogP contribution < -0.4 is 0 Å². The molecule has 0 aliphatic heterocycles. The molecule has 0 saturated heterocycles. The van der Waals surface area contributed by atoms with Gasteiger partial charge in [0, 0.05) is 12.5 Å². The van der Waals surface area contributed by atoms with Gasteiger partial charge < -0.3 is 5.11 Å². The van der Waals surface area contributed by atoms with E-state index in [0.29, 0.717) is 11.8 Å². The summed E-state index contributed by atoms with van der Waals surface area (Å²) in [7, 11) is 0. The normalized spacial score (nSPS) is 15.2. The van der Waals surface area contributed by atoms with Gasteiger partial charge in [0.05, 0.1) is 0 Å². The minimum atomic E-state index is 0.266. The molecule has 1 nitrogen and oxygen atoms in total. The van der Waals surface area contributed by atoms with Crippen LogP contribution in [0.15, 0.2) is 12.2 Å². The van der Waals surface area contributed by atoms with Gasteiger partial charge in [-0.15, -0.1) is 0 Å². The smallest absolute Gasteiger partial charge is 0.0496 e. The van der Waals surface area contributed by atoms with E-state index in [1.807, 2.05) is 19.1 Å². The molecule has 1 N–H and O–H groups in total. The average molecular weight is 128 g/mol. The maximum Gasteiger partial charge on any atom is 0.0496 e. The molecule has 9 heavy (non-hydrogen) atoms. The van der Waals surface area contributed by atoms with Crippen LogP contribution in [0.5, 0.6) is 0 Å². The van der Waals surface area contributed by atoms with Gasteiger partial charge >= 0.3 is 0 Å². The van der Waals surface area contributed by atoms with Crippen molar-refractivity contribution in [1.82, 2.24) is 0 Å². The number of hydrogen-bond acceptors (Lipinski definition) is 1. The third kappa shape index (κ3) is 3.31. The molecule has 1 heteroatoms. The number of hydrogen-bond donors (Lipinski definition) is 1. The predicted molar refractivity (Wildman–Crippen MR) is 40.2 cm³/mol. The first-order valence-electron chi connectivity index (χ1n) is 3.46. The lowest BCUT2D eigenvalue weighted by Crippen LogP contribution is -2.09. The first-order chi connectivity index (χ1) is 4.22. The van der Waals surface area contributed by atoms with E-state index in [4.69, 9.17) is 5.11 Å². The zero-order valence-corrected chi connectivity index (χ0v) is 6.46. The van der Waals surface area contributed by atoms with E-state index < -0.39 is 0 Å². The summed E-state index contributed by atoms with van der Waals surface area (Å²) in [6.07, 6.45) is 4.03. The quantitative estimate of drug-likeness (QED) is 0.575. The zero-order chi connectivity index (χ0) is 7.28. The van der Waals surface area contributed by atoms with Crippen LogP contribution in [0.3, 0.4) is 0 Å². The Morgan fingerprint density at radius 1 is 1.44 bits per heavy atom. The Morgan fingerprint density at radius 2 is 2.00 bits per heavy atom. The van der Waals surface area contributed by atoms with E-state index in [1.54, 1.807) is 0 Å². The molecule has 0 aromatic carbocycles. The van der Waals surface area contributed by atoms with Crippen molar-refractivity contribution in [2.45, 2.75) is 20.8 Å². The summed E-state index contributed by atoms with van der Waals surface area (Å²) in [6, 6.07) is 0. The lowest BCUT2D eigenvalue weighted by atomic mass is 9.97. The van der Waals surface area contributed by atoms with Gasteiger partial charge in [-0.05, 0) is 12.8 Å². The summed E-state index contributed by atoms with van der Waals surface area (Å²) in [5.41, 5.74) is 0. The van der Waals surface area contributed by atoms with Gasteiger partial charge in [-0.1, -0.05) is 26.0 Å². The predicted octanol–water partition coefficient (Wildman–Crippen LogP) is 1.83. The average Bonchev–Trinajstić information content (AvgIpc) is 1.82. The van der Waals surface area contributed by atoms with E-state index in [0.717, 1.165) is 0 Å². The second-order valence-electron chi connectivity index (χ2n) is 2.62. The standard InChI is InChI=1S/C8H16O/c1-4-5-8(6-9)7(2)3/h4-5,7-9H,6H2,1-3H3/b5-4+/t8-/m1/s1. The molecular weight excluding hydrogens is 112 g/mol.